The molecule has 1 aliphatic rings. The number of ether oxygens (including phenoxy) is 2. The molecule has 3 heterocycles. The van der Waals surface area contributed by atoms with Gasteiger partial charge >= 0.3 is 23.5 Å². The van der Waals surface area contributed by atoms with Crippen LogP contribution in [0.1, 0.15) is 18.2 Å². The van der Waals surface area contributed by atoms with Crippen molar-refractivity contribution in [2.75, 3.05) is 18.9 Å². The Labute approximate surface area is 202 Å². The summed E-state index contributed by atoms with van der Waals surface area (Å²) >= 11 is 0. The van der Waals surface area contributed by atoms with E-state index >= 15 is 0 Å². The standard InChI is InChI=1S/C15H24N5O13P3/c1-2-3-29-9-4-11(20-6-8(5-16)12-13(20)18-15(17)19-14(12)21)31-10(9)7-30-35(25,26)33-36(27,28)32-34(22,23)24/h2,6,9-11H,1,3-5,7,16H2,(H,25,26)(H,27,28)(H2,22,23,24)(H3,17,18,19,21). The average Bonchev–Trinajstić information content (AvgIpc) is 3.29. The fourth-order valence-corrected chi connectivity index (χ4v) is 6.51. The highest BCUT2D eigenvalue weighted by Crippen LogP contribution is 2.66. The molecule has 0 aliphatic carbocycles. The molecule has 202 valence electrons. The third kappa shape index (κ3) is 7.18. The van der Waals surface area contributed by atoms with Crippen LogP contribution in [0.2, 0.25) is 0 Å². The molecule has 0 spiro atoms. The van der Waals surface area contributed by atoms with E-state index in [-0.39, 0.29) is 36.6 Å². The predicted molar refractivity (Wildman–Crippen MR) is 121 cm³/mol. The lowest BCUT2D eigenvalue weighted by atomic mass is 10.2. The van der Waals surface area contributed by atoms with Gasteiger partial charge in [-0.05, 0) is 5.56 Å². The fraction of sp³-hybridized carbons (Fsp3) is 0.467. The van der Waals surface area contributed by atoms with Gasteiger partial charge in [0.25, 0.3) is 5.56 Å². The van der Waals surface area contributed by atoms with Gasteiger partial charge in [0.15, 0.2) is 5.65 Å². The first-order valence-electron chi connectivity index (χ1n) is 9.90. The second-order valence-electron chi connectivity index (χ2n) is 7.33. The first kappa shape index (κ1) is 28.8. The minimum Gasteiger partial charge on any atom is -0.371 e. The van der Waals surface area contributed by atoms with Gasteiger partial charge in [0.2, 0.25) is 5.95 Å². The van der Waals surface area contributed by atoms with Crippen molar-refractivity contribution in [2.24, 2.45) is 5.73 Å². The first-order chi connectivity index (χ1) is 16.6. The monoisotopic (exact) mass is 575 g/mol. The van der Waals surface area contributed by atoms with Crippen LogP contribution in [0.15, 0.2) is 23.6 Å². The number of hydrogen-bond acceptors (Lipinski definition) is 12. The van der Waals surface area contributed by atoms with Crippen LogP contribution in [-0.2, 0) is 42.9 Å². The number of nitrogen functional groups attached to an aromatic ring is 1. The van der Waals surface area contributed by atoms with Gasteiger partial charge in [-0.15, -0.1) is 6.58 Å². The summed E-state index contributed by atoms with van der Waals surface area (Å²) in [6, 6.07) is 0. The molecule has 2 aromatic rings. The molecular weight excluding hydrogens is 551 g/mol. The molecule has 5 atom stereocenters. The zero-order chi connectivity index (χ0) is 26.9. The van der Waals surface area contributed by atoms with E-state index in [0.717, 1.165) is 0 Å². The van der Waals surface area contributed by atoms with Crippen molar-refractivity contribution in [3.05, 3.63) is 34.8 Å². The summed E-state index contributed by atoms with van der Waals surface area (Å²) in [5.74, 6) is -0.155. The van der Waals surface area contributed by atoms with Gasteiger partial charge in [0.05, 0.1) is 24.7 Å². The van der Waals surface area contributed by atoms with Crippen molar-refractivity contribution in [1.29, 1.82) is 0 Å². The van der Waals surface area contributed by atoms with E-state index in [1.165, 1.54) is 16.8 Å². The minimum absolute atomic E-state index is 0.00321. The Morgan fingerprint density at radius 1 is 1.25 bits per heavy atom. The number of phosphoric acid groups is 3. The molecule has 3 rings (SSSR count). The number of nitrogens with one attached hydrogen (secondary N) is 1. The molecule has 21 heteroatoms. The molecule has 0 radical (unpaired) electrons. The highest BCUT2D eigenvalue weighted by Gasteiger charge is 2.43. The molecule has 1 aliphatic heterocycles. The van der Waals surface area contributed by atoms with E-state index in [1.807, 2.05) is 0 Å². The third-order valence-electron chi connectivity index (χ3n) is 4.74. The number of fused-ring (bicyclic) bond motifs is 1. The van der Waals surface area contributed by atoms with E-state index in [2.05, 4.69) is 29.7 Å². The summed E-state index contributed by atoms with van der Waals surface area (Å²) in [5.41, 5.74) is 11.5. The lowest BCUT2D eigenvalue weighted by Gasteiger charge is -2.21. The maximum Gasteiger partial charge on any atom is 0.490 e. The molecule has 0 saturated carbocycles. The van der Waals surface area contributed by atoms with Crippen LogP contribution < -0.4 is 17.0 Å². The number of nitrogens with zero attached hydrogens (tertiary/aromatic N) is 2. The summed E-state index contributed by atoms with van der Waals surface area (Å²) < 4.78 is 59.4. The molecule has 0 amide bonds. The van der Waals surface area contributed by atoms with Crippen molar-refractivity contribution in [3.63, 3.8) is 0 Å². The molecule has 18 nitrogen and oxygen atoms in total. The second kappa shape index (κ2) is 10.9. The lowest BCUT2D eigenvalue weighted by molar-refractivity contribution is -0.0550. The average molecular weight is 575 g/mol. The molecule has 36 heavy (non-hydrogen) atoms. The summed E-state index contributed by atoms with van der Waals surface area (Å²) in [6.45, 7) is 2.85. The molecule has 9 N–H and O–H groups in total. The lowest BCUT2D eigenvalue weighted by Crippen LogP contribution is -2.29. The van der Waals surface area contributed by atoms with Crippen molar-refractivity contribution >= 4 is 40.4 Å². The Morgan fingerprint density at radius 2 is 1.94 bits per heavy atom. The van der Waals surface area contributed by atoms with Crippen molar-refractivity contribution in [1.82, 2.24) is 14.5 Å². The number of aromatic amines is 1. The molecule has 0 bridgehead atoms. The second-order valence-corrected chi connectivity index (χ2v) is 11.7. The highest BCUT2D eigenvalue weighted by atomic mass is 31.3. The van der Waals surface area contributed by atoms with Gasteiger partial charge in [-0.3, -0.25) is 14.3 Å². The van der Waals surface area contributed by atoms with E-state index in [9.17, 15) is 28.3 Å². The number of anilines is 1. The topological polar surface area (TPSA) is 281 Å². The summed E-state index contributed by atoms with van der Waals surface area (Å²) in [5, 5.41) is 0.190. The zero-order valence-electron chi connectivity index (χ0n) is 18.3. The van der Waals surface area contributed by atoms with Gasteiger partial charge in [-0.1, -0.05) is 6.08 Å². The molecular formula is C15H24N5O13P3. The Morgan fingerprint density at radius 3 is 2.56 bits per heavy atom. The molecule has 1 fully saturated rings. The van der Waals surface area contributed by atoms with E-state index in [1.54, 1.807) is 0 Å². The summed E-state index contributed by atoms with van der Waals surface area (Å²) in [7, 11) is -16.6. The van der Waals surface area contributed by atoms with Crippen molar-refractivity contribution < 1.29 is 55.9 Å². The predicted octanol–water partition coefficient (Wildman–Crippen LogP) is -0.0325. The Hall–Kier alpha value is -1.75. The quantitative estimate of drug-likeness (QED) is 0.129. The van der Waals surface area contributed by atoms with E-state index in [0.29, 0.717) is 5.56 Å². The van der Waals surface area contributed by atoms with Crippen LogP contribution >= 0.6 is 23.5 Å². The first-order valence-corrected chi connectivity index (χ1v) is 14.4. The summed E-state index contributed by atoms with van der Waals surface area (Å²) in [6.07, 6.45) is 0.404. The molecule has 1 saturated heterocycles. The van der Waals surface area contributed by atoms with Gasteiger partial charge < -0.3 is 45.1 Å². The number of rotatable bonds is 12. The van der Waals surface area contributed by atoms with Gasteiger partial charge in [-0.25, -0.2) is 13.7 Å². The number of aromatic nitrogens is 3. The third-order valence-corrected chi connectivity index (χ3v) is 8.54. The van der Waals surface area contributed by atoms with Gasteiger partial charge in [-0.2, -0.15) is 13.6 Å². The maximum absolute atomic E-state index is 12.4. The number of hydrogen-bond donors (Lipinski definition) is 7. The van der Waals surface area contributed by atoms with Crippen LogP contribution in [0.5, 0.6) is 0 Å². The van der Waals surface area contributed by atoms with Crippen molar-refractivity contribution in [3.8, 4) is 0 Å². The normalized spacial score (nSPS) is 24.0. The maximum atomic E-state index is 12.4. The van der Waals surface area contributed by atoms with Crippen LogP contribution in [0, 0.1) is 0 Å². The molecule has 2 aromatic heterocycles. The minimum atomic E-state index is -5.68. The number of phosphoric ester groups is 1. The highest BCUT2D eigenvalue weighted by molar-refractivity contribution is 7.66. The van der Waals surface area contributed by atoms with Crippen LogP contribution in [0.25, 0.3) is 11.0 Å². The van der Waals surface area contributed by atoms with E-state index in [4.69, 9.17) is 30.7 Å². The zero-order valence-corrected chi connectivity index (χ0v) is 21.0. The number of nitrogens with two attached hydrogens (primary N) is 2. The van der Waals surface area contributed by atoms with Gasteiger partial charge in [0.1, 0.15) is 12.3 Å². The van der Waals surface area contributed by atoms with Crippen LogP contribution in [0.4, 0.5) is 5.95 Å². The largest absolute Gasteiger partial charge is 0.490 e. The van der Waals surface area contributed by atoms with Gasteiger partial charge in [0, 0.05) is 19.2 Å². The SMILES string of the molecule is C=CCOC1CC(n2cc(CN)c3c(=O)[nH]c(N)nc32)OC1COP(=O)(O)OP(=O)(O)OP(=O)(O)O. The van der Waals surface area contributed by atoms with Crippen molar-refractivity contribution in [2.45, 2.75) is 31.4 Å². The Bertz CT molecular complexity index is 1320. The Kier molecular flexibility index (Phi) is 8.75. The summed E-state index contributed by atoms with van der Waals surface area (Å²) in [4.78, 5) is 55.1. The van der Waals surface area contributed by atoms with E-state index < -0.39 is 54.1 Å². The molecule has 0 aromatic carbocycles. The number of H-pyrrole nitrogens is 1. The Balaban J connectivity index is 1.81. The van der Waals surface area contributed by atoms with Crippen LogP contribution in [-0.4, -0.2) is 59.5 Å². The fourth-order valence-electron chi connectivity index (χ4n) is 3.48. The molecule has 5 unspecified atom stereocenters. The smallest absolute Gasteiger partial charge is 0.371 e. The van der Waals surface area contributed by atoms with Crippen LogP contribution in [0.3, 0.4) is 0 Å².